The third kappa shape index (κ3) is 3.50. The zero-order valence-electron chi connectivity index (χ0n) is 12.1. The summed E-state index contributed by atoms with van der Waals surface area (Å²) in [5, 5.41) is 0.802. The van der Waals surface area contributed by atoms with Crippen molar-refractivity contribution in [2.24, 2.45) is 11.7 Å². The van der Waals surface area contributed by atoms with Crippen LogP contribution in [0.15, 0.2) is 12.1 Å². The molecule has 1 aromatic rings. The summed E-state index contributed by atoms with van der Waals surface area (Å²) in [6, 6.07) is 4.20. The maximum atomic E-state index is 6.32. The van der Waals surface area contributed by atoms with Gasteiger partial charge in [0.25, 0.3) is 0 Å². The fraction of sp³-hybridized carbons (Fsp3) is 0.625. The first kappa shape index (κ1) is 14.8. The quantitative estimate of drug-likeness (QED) is 0.879. The van der Waals surface area contributed by atoms with Crippen molar-refractivity contribution in [2.45, 2.75) is 52.2 Å². The van der Waals surface area contributed by atoms with Crippen molar-refractivity contribution >= 4 is 11.6 Å². The number of halogens is 1. The predicted octanol–water partition coefficient (Wildman–Crippen LogP) is 4.16. The van der Waals surface area contributed by atoms with E-state index in [1.165, 1.54) is 11.1 Å². The lowest BCUT2D eigenvalue weighted by molar-refractivity contribution is -0.0282. The molecule has 0 spiro atoms. The first-order valence-electron chi connectivity index (χ1n) is 7.15. The molecule has 0 aliphatic heterocycles. The summed E-state index contributed by atoms with van der Waals surface area (Å²) >= 11 is 6.31. The minimum absolute atomic E-state index is 0.0411. The van der Waals surface area contributed by atoms with Gasteiger partial charge in [-0.1, -0.05) is 17.7 Å². The third-order valence-corrected chi connectivity index (χ3v) is 4.52. The molecule has 1 aliphatic carbocycles. The van der Waals surface area contributed by atoms with Crippen molar-refractivity contribution in [2.75, 3.05) is 6.61 Å². The smallest absolute Gasteiger partial charge is 0.0580 e. The molecular weight excluding hydrogens is 258 g/mol. The molecule has 106 valence electrons. The second-order valence-corrected chi connectivity index (χ2v) is 6.12. The second-order valence-electron chi connectivity index (χ2n) is 5.71. The van der Waals surface area contributed by atoms with E-state index in [4.69, 9.17) is 22.1 Å². The van der Waals surface area contributed by atoms with Gasteiger partial charge >= 0.3 is 0 Å². The Labute approximate surface area is 121 Å². The van der Waals surface area contributed by atoms with Crippen LogP contribution in [0, 0.1) is 19.8 Å². The van der Waals surface area contributed by atoms with Crippen LogP contribution < -0.4 is 5.73 Å². The van der Waals surface area contributed by atoms with Gasteiger partial charge in [0, 0.05) is 17.7 Å². The first-order valence-corrected chi connectivity index (χ1v) is 7.52. The summed E-state index contributed by atoms with van der Waals surface area (Å²) in [6.07, 6.45) is 3.75. The zero-order chi connectivity index (χ0) is 14.0. The Bertz CT molecular complexity index is 441. The Kier molecular flexibility index (Phi) is 4.88. The third-order valence-electron chi connectivity index (χ3n) is 4.19. The van der Waals surface area contributed by atoms with Gasteiger partial charge in [-0.2, -0.15) is 0 Å². The molecule has 0 heterocycles. The summed E-state index contributed by atoms with van der Waals surface area (Å²) in [7, 11) is 0. The predicted molar refractivity (Wildman–Crippen MR) is 80.6 cm³/mol. The summed E-state index contributed by atoms with van der Waals surface area (Å²) in [4.78, 5) is 0. The summed E-state index contributed by atoms with van der Waals surface area (Å²) < 4.78 is 5.59. The minimum atomic E-state index is 0.0411. The van der Waals surface area contributed by atoms with Crippen LogP contribution in [0.1, 0.15) is 48.9 Å². The molecule has 1 atom stereocenters. The lowest BCUT2D eigenvalue weighted by atomic mass is 9.77. The molecule has 19 heavy (non-hydrogen) atoms. The lowest BCUT2D eigenvalue weighted by Crippen LogP contribution is -2.33. The van der Waals surface area contributed by atoms with Gasteiger partial charge in [0.2, 0.25) is 0 Å². The molecule has 0 aromatic heterocycles. The van der Waals surface area contributed by atoms with Crippen molar-refractivity contribution in [3.63, 3.8) is 0 Å². The number of nitrogens with two attached hydrogens (primary N) is 1. The van der Waals surface area contributed by atoms with E-state index in [1.54, 1.807) is 0 Å². The average molecular weight is 282 g/mol. The van der Waals surface area contributed by atoms with E-state index in [0.717, 1.165) is 36.5 Å². The van der Waals surface area contributed by atoms with E-state index in [1.807, 2.05) is 13.0 Å². The van der Waals surface area contributed by atoms with Crippen LogP contribution in [-0.2, 0) is 4.74 Å². The van der Waals surface area contributed by atoms with E-state index in [2.05, 4.69) is 19.9 Å². The zero-order valence-corrected chi connectivity index (χ0v) is 12.8. The monoisotopic (exact) mass is 281 g/mol. The molecule has 1 aliphatic rings. The number of benzene rings is 1. The van der Waals surface area contributed by atoms with Crippen LogP contribution in [0.3, 0.4) is 0 Å². The Balaban J connectivity index is 1.94. The fourth-order valence-electron chi connectivity index (χ4n) is 2.81. The van der Waals surface area contributed by atoms with Crippen LogP contribution in [0.4, 0.5) is 0 Å². The number of rotatable bonds is 5. The normalized spacial score (nSPS) is 24.1. The molecule has 0 bridgehead atoms. The van der Waals surface area contributed by atoms with Gasteiger partial charge in [0.1, 0.15) is 0 Å². The van der Waals surface area contributed by atoms with Gasteiger partial charge in [-0.05, 0) is 68.7 Å². The number of aryl methyl sites for hydroxylation is 2. The molecule has 1 unspecified atom stereocenters. The van der Waals surface area contributed by atoms with Crippen LogP contribution in [0.25, 0.3) is 0 Å². The highest BCUT2D eigenvalue weighted by atomic mass is 35.5. The SMILES string of the molecule is CCOC1CC(CC(N)c2cc(C)c(C)cc2Cl)C1. The fourth-order valence-corrected chi connectivity index (χ4v) is 3.17. The standard InChI is InChI=1S/C16H24ClNO/c1-4-19-13-7-12(8-13)9-16(18)14-5-10(2)11(3)6-15(14)17/h5-6,12-13,16H,4,7-9,18H2,1-3H3. The molecule has 1 saturated carbocycles. The lowest BCUT2D eigenvalue weighted by Gasteiger charge is -2.36. The molecule has 0 saturated heterocycles. The molecule has 3 heteroatoms. The highest BCUT2D eigenvalue weighted by Gasteiger charge is 2.31. The Morgan fingerprint density at radius 1 is 1.32 bits per heavy atom. The maximum absolute atomic E-state index is 6.32. The summed E-state index contributed by atoms with van der Waals surface area (Å²) in [6.45, 7) is 7.05. The van der Waals surface area contributed by atoms with Gasteiger partial charge in [-0.15, -0.1) is 0 Å². The molecule has 1 aromatic carbocycles. The van der Waals surface area contributed by atoms with Crippen molar-refractivity contribution in [1.29, 1.82) is 0 Å². The molecule has 0 radical (unpaired) electrons. The molecule has 0 amide bonds. The molecular formula is C16H24ClNO. The maximum Gasteiger partial charge on any atom is 0.0580 e. The van der Waals surface area contributed by atoms with E-state index >= 15 is 0 Å². The van der Waals surface area contributed by atoms with E-state index in [0.29, 0.717) is 12.0 Å². The van der Waals surface area contributed by atoms with Crippen molar-refractivity contribution < 1.29 is 4.74 Å². The van der Waals surface area contributed by atoms with Gasteiger partial charge in [0.05, 0.1) is 6.10 Å². The highest BCUT2D eigenvalue weighted by Crippen LogP contribution is 2.37. The van der Waals surface area contributed by atoms with Crippen molar-refractivity contribution in [3.05, 3.63) is 33.8 Å². The summed E-state index contributed by atoms with van der Waals surface area (Å²) in [5.74, 6) is 0.684. The van der Waals surface area contributed by atoms with E-state index in [9.17, 15) is 0 Å². The second kappa shape index (κ2) is 6.25. The minimum Gasteiger partial charge on any atom is -0.378 e. The number of hydrogen-bond donors (Lipinski definition) is 1. The van der Waals surface area contributed by atoms with E-state index in [-0.39, 0.29) is 6.04 Å². The van der Waals surface area contributed by atoms with Crippen LogP contribution in [0.5, 0.6) is 0 Å². The number of hydrogen-bond acceptors (Lipinski definition) is 2. The molecule has 2 nitrogen and oxygen atoms in total. The summed E-state index contributed by atoms with van der Waals surface area (Å²) in [5.41, 5.74) is 9.89. The molecule has 1 fully saturated rings. The van der Waals surface area contributed by atoms with Crippen LogP contribution in [-0.4, -0.2) is 12.7 Å². The highest BCUT2D eigenvalue weighted by molar-refractivity contribution is 6.31. The first-order chi connectivity index (χ1) is 9.01. The largest absolute Gasteiger partial charge is 0.378 e. The van der Waals surface area contributed by atoms with Gasteiger partial charge in [0.15, 0.2) is 0 Å². The van der Waals surface area contributed by atoms with Crippen molar-refractivity contribution in [3.8, 4) is 0 Å². The molecule has 2 rings (SSSR count). The van der Waals surface area contributed by atoms with Crippen molar-refractivity contribution in [1.82, 2.24) is 0 Å². The Morgan fingerprint density at radius 3 is 2.58 bits per heavy atom. The Morgan fingerprint density at radius 2 is 1.95 bits per heavy atom. The Hall–Kier alpha value is -0.570. The van der Waals surface area contributed by atoms with Crippen LogP contribution in [0.2, 0.25) is 5.02 Å². The number of ether oxygens (including phenoxy) is 1. The average Bonchev–Trinajstić information content (AvgIpc) is 2.31. The van der Waals surface area contributed by atoms with Gasteiger partial charge < -0.3 is 10.5 Å². The van der Waals surface area contributed by atoms with Gasteiger partial charge in [-0.25, -0.2) is 0 Å². The topological polar surface area (TPSA) is 35.2 Å². The van der Waals surface area contributed by atoms with Crippen LogP contribution >= 0.6 is 11.6 Å². The van der Waals surface area contributed by atoms with Gasteiger partial charge in [-0.3, -0.25) is 0 Å². The molecule has 2 N–H and O–H groups in total. The van der Waals surface area contributed by atoms with E-state index < -0.39 is 0 Å².